The number of aromatic amines is 1. The quantitative estimate of drug-likeness (QED) is 0.694. The van der Waals surface area contributed by atoms with Crippen molar-refractivity contribution in [3.05, 3.63) is 65.0 Å². The molecule has 3 aromatic rings. The molecule has 2 N–H and O–H groups in total. The Kier molecular flexibility index (Phi) is 5.31. The molecule has 0 atom stereocenters. The van der Waals surface area contributed by atoms with Gasteiger partial charge in [-0.1, -0.05) is 17.7 Å². The minimum Gasteiger partial charge on any atom is -0.395 e. The summed E-state index contributed by atoms with van der Waals surface area (Å²) in [5.41, 5.74) is 5.78. The third kappa shape index (κ3) is 4.15. The number of hydrogen-bond acceptors (Lipinski definition) is 4. The molecule has 2 heterocycles. The van der Waals surface area contributed by atoms with Crippen LogP contribution < -0.4 is 0 Å². The Balaban J connectivity index is 1.91. The summed E-state index contributed by atoms with van der Waals surface area (Å²) in [6.07, 6.45) is 5.62. The minimum atomic E-state index is 0.120. The van der Waals surface area contributed by atoms with E-state index in [1.807, 2.05) is 30.1 Å². The highest BCUT2D eigenvalue weighted by atomic mass is 16.3. The largest absolute Gasteiger partial charge is 0.395 e. The highest BCUT2D eigenvalue weighted by Crippen LogP contribution is 2.23. The fraction of sp³-hybridized carbons (Fsp3) is 0.368. The van der Waals surface area contributed by atoms with Gasteiger partial charge in [0.25, 0.3) is 0 Å². The zero-order valence-electron chi connectivity index (χ0n) is 15.0. The average Bonchev–Trinajstić information content (AvgIpc) is 3.19. The molecular formula is C19H25N5O. The Morgan fingerprint density at radius 3 is 2.68 bits per heavy atom. The number of aliphatic hydroxyl groups is 1. The van der Waals surface area contributed by atoms with Crippen LogP contribution in [-0.2, 0) is 13.1 Å². The van der Waals surface area contributed by atoms with Gasteiger partial charge in [0.05, 0.1) is 12.3 Å². The van der Waals surface area contributed by atoms with Crippen molar-refractivity contribution in [1.82, 2.24) is 24.6 Å². The standard InChI is InChI=1S/C19H25N5O/c1-14-9-15(2)19(24-6-4-5-21-24)17(10-14)12-23(7-8-25)13-18-11-20-16(3)22-18/h4-6,9-11,25H,7-8,12-13H2,1-3H3,(H,20,22). The molecular weight excluding hydrogens is 314 g/mol. The number of nitrogens with zero attached hydrogens (tertiary/aromatic N) is 4. The Bertz CT molecular complexity index is 822. The van der Waals surface area contributed by atoms with Gasteiger partial charge in [-0.15, -0.1) is 0 Å². The van der Waals surface area contributed by atoms with Gasteiger partial charge in [-0.3, -0.25) is 4.90 Å². The lowest BCUT2D eigenvalue weighted by atomic mass is 10.0. The number of aromatic nitrogens is 4. The van der Waals surface area contributed by atoms with Crippen LogP contribution in [-0.4, -0.2) is 42.9 Å². The van der Waals surface area contributed by atoms with Gasteiger partial charge in [0, 0.05) is 43.9 Å². The fourth-order valence-electron chi connectivity index (χ4n) is 3.29. The summed E-state index contributed by atoms with van der Waals surface area (Å²) in [4.78, 5) is 9.74. The maximum absolute atomic E-state index is 9.48. The van der Waals surface area contributed by atoms with E-state index >= 15 is 0 Å². The van der Waals surface area contributed by atoms with Crippen molar-refractivity contribution in [2.24, 2.45) is 0 Å². The second-order valence-corrected chi connectivity index (χ2v) is 6.47. The molecule has 2 aromatic heterocycles. The third-order valence-corrected chi connectivity index (χ3v) is 4.22. The molecule has 1 aromatic carbocycles. The van der Waals surface area contributed by atoms with Crippen molar-refractivity contribution in [1.29, 1.82) is 0 Å². The van der Waals surface area contributed by atoms with Crippen molar-refractivity contribution in [2.45, 2.75) is 33.9 Å². The van der Waals surface area contributed by atoms with Crippen molar-refractivity contribution in [3.63, 3.8) is 0 Å². The molecule has 0 bridgehead atoms. The first-order valence-corrected chi connectivity index (χ1v) is 8.50. The van der Waals surface area contributed by atoms with E-state index in [0.717, 1.165) is 23.8 Å². The van der Waals surface area contributed by atoms with E-state index in [0.29, 0.717) is 13.1 Å². The molecule has 0 aliphatic rings. The Hall–Kier alpha value is -2.44. The van der Waals surface area contributed by atoms with Crippen LogP contribution >= 0.6 is 0 Å². The summed E-state index contributed by atoms with van der Waals surface area (Å²) >= 11 is 0. The molecule has 6 heteroatoms. The molecule has 132 valence electrons. The lowest BCUT2D eigenvalue weighted by Crippen LogP contribution is -2.27. The van der Waals surface area contributed by atoms with Crippen LogP contribution in [0, 0.1) is 20.8 Å². The number of hydrogen-bond donors (Lipinski definition) is 2. The van der Waals surface area contributed by atoms with Crippen molar-refractivity contribution < 1.29 is 5.11 Å². The highest BCUT2D eigenvalue weighted by molar-refractivity contribution is 5.49. The first kappa shape index (κ1) is 17.4. The van der Waals surface area contributed by atoms with E-state index in [-0.39, 0.29) is 6.61 Å². The summed E-state index contributed by atoms with van der Waals surface area (Å²) in [6, 6.07) is 6.31. The first-order chi connectivity index (χ1) is 12.1. The van der Waals surface area contributed by atoms with Crippen LogP contribution in [0.25, 0.3) is 5.69 Å². The number of nitrogens with one attached hydrogen (secondary N) is 1. The fourth-order valence-corrected chi connectivity index (χ4v) is 3.29. The van der Waals surface area contributed by atoms with Gasteiger partial charge in [0.1, 0.15) is 5.82 Å². The normalized spacial score (nSPS) is 11.4. The number of H-pyrrole nitrogens is 1. The summed E-state index contributed by atoms with van der Waals surface area (Å²) < 4.78 is 1.92. The smallest absolute Gasteiger partial charge is 0.103 e. The van der Waals surface area contributed by atoms with Crippen LogP contribution in [0.1, 0.15) is 28.2 Å². The van der Waals surface area contributed by atoms with Crippen LogP contribution in [0.4, 0.5) is 0 Å². The van der Waals surface area contributed by atoms with Gasteiger partial charge < -0.3 is 10.1 Å². The van der Waals surface area contributed by atoms with Gasteiger partial charge >= 0.3 is 0 Å². The molecule has 25 heavy (non-hydrogen) atoms. The van der Waals surface area contributed by atoms with Crippen LogP contribution in [0.15, 0.2) is 36.8 Å². The third-order valence-electron chi connectivity index (χ3n) is 4.22. The minimum absolute atomic E-state index is 0.120. The zero-order chi connectivity index (χ0) is 17.8. The molecule has 0 unspecified atom stereocenters. The lowest BCUT2D eigenvalue weighted by Gasteiger charge is -2.23. The van der Waals surface area contributed by atoms with E-state index in [9.17, 15) is 5.11 Å². The Labute approximate surface area is 148 Å². The van der Waals surface area contributed by atoms with Crippen LogP contribution in [0.3, 0.4) is 0 Å². The Morgan fingerprint density at radius 1 is 1.20 bits per heavy atom. The van der Waals surface area contributed by atoms with Crippen molar-refractivity contribution in [3.8, 4) is 5.69 Å². The molecule has 0 saturated carbocycles. The van der Waals surface area contributed by atoms with Gasteiger partial charge in [-0.05, 0) is 38.0 Å². The SMILES string of the molecule is Cc1cc(C)c(-n2cccn2)c(CN(CCO)Cc2cnc(C)[nH]2)c1. The Morgan fingerprint density at radius 2 is 2.04 bits per heavy atom. The molecule has 0 amide bonds. The van der Waals surface area contributed by atoms with E-state index in [4.69, 9.17) is 0 Å². The monoisotopic (exact) mass is 339 g/mol. The summed E-state index contributed by atoms with van der Waals surface area (Å²) in [5, 5.41) is 13.9. The summed E-state index contributed by atoms with van der Waals surface area (Å²) in [7, 11) is 0. The van der Waals surface area contributed by atoms with Gasteiger partial charge in [0.15, 0.2) is 0 Å². The van der Waals surface area contributed by atoms with E-state index in [1.165, 1.54) is 16.7 Å². The lowest BCUT2D eigenvalue weighted by molar-refractivity contribution is 0.183. The molecule has 0 aliphatic heterocycles. The van der Waals surface area contributed by atoms with Crippen LogP contribution in [0.5, 0.6) is 0 Å². The number of aryl methyl sites for hydroxylation is 3. The maximum atomic E-state index is 9.48. The second-order valence-electron chi connectivity index (χ2n) is 6.47. The topological polar surface area (TPSA) is 70.0 Å². The molecule has 0 saturated heterocycles. The van der Waals surface area contributed by atoms with E-state index in [1.54, 1.807) is 6.20 Å². The first-order valence-electron chi connectivity index (χ1n) is 8.50. The summed E-state index contributed by atoms with van der Waals surface area (Å²) in [6.45, 7) is 8.33. The predicted octanol–water partition coefficient (Wildman–Crippen LogP) is 2.52. The number of imidazole rings is 1. The van der Waals surface area contributed by atoms with Crippen LogP contribution in [0.2, 0.25) is 0 Å². The number of aliphatic hydroxyl groups excluding tert-OH is 1. The van der Waals surface area contributed by atoms with Crippen molar-refractivity contribution >= 4 is 0 Å². The molecule has 3 rings (SSSR count). The van der Waals surface area contributed by atoms with Gasteiger partial charge in [-0.2, -0.15) is 5.10 Å². The molecule has 0 radical (unpaired) electrons. The van der Waals surface area contributed by atoms with Gasteiger partial charge in [0.2, 0.25) is 0 Å². The van der Waals surface area contributed by atoms with E-state index < -0.39 is 0 Å². The molecule has 0 aliphatic carbocycles. The number of rotatable bonds is 7. The molecule has 6 nitrogen and oxygen atoms in total. The maximum Gasteiger partial charge on any atom is 0.103 e. The number of benzene rings is 1. The van der Waals surface area contributed by atoms with Crippen molar-refractivity contribution in [2.75, 3.05) is 13.2 Å². The van der Waals surface area contributed by atoms with Gasteiger partial charge in [-0.25, -0.2) is 9.67 Å². The second kappa shape index (κ2) is 7.63. The molecule has 0 fully saturated rings. The zero-order valence-corrected chi connectivity index (χ0v) is 15.0. The average molecular weight is 339 g/mol. The summed E-state index contributed by atoms with van der Waals surface area (Å²) in [5.74, 6) is 0.905. The predicted molar refractivity (Wildman–Crippen MR) is 97.6 cm³/mol. The van der Waals surface area contributed by atoms with E-state index in [2.05, 4.69) is 45.9 Å². The highest BCUT2D eigenvalue weighted by Gasteiger charge is 2.14. The molecule has 0 spiro atoms.